The summed E-state index contributed by atoms with van der Waals surface area (Å²) in [4.78, 5) is 25.2. The van der Waals surface area contributed by atoms with Crippen LogP contribution < -0.4 is 5.32 Å². The average molecular weight is 322 g/mol. The van der Waals surface area contributed by atoms with Crippen LogP contribution in [-0.4, -0.2) is 47.7 Å². The molecule has 0 aliphatic carbocycles. The van der Waals surface area contributed by atoms with Crippen LogP contribution in [0.1, 0.15) is 32.3 Å². The van der Waals surface area contributed by atoms with E-state index in [1.807, 2.05) is 30.3 Å². The molecule has 0 aliphatic rings. The van der Waals surface area contributed by atoms with Gasteiger partial charge in [0, 0.05) is 0 Å². The van der Waals surface area contributed by atoms with Crippen molar-refractivity contribution in [3.05, 3.63) is 35.9 Å². The van der Waals surface area contributed by atoms with Crippen molar-refractivity contribution in [3.8, 4) is 0 Å². The van der Waals surface area contributed by atoms with Gasteiger partial charge in [-0.3, -0.25) is 0 Å². The fraction of sp³-hybridized carbons (Fsp3) is 0.529. The molecule has 1 rings (SSSR count). The lowest BCUT2D eigenvalue weighted by Crippen LogP contribution is -2.41. The topological polar surface area (TPSA) is 78.9 Å². The molecule has 1 atom stereocenters. The molecule has 6 nitrogen and oxygen atoms in total. The van der Waals surface area contributed by atoms with E-state index in [0.29, 0.717) is 12.8 Å². The number of carboxylic acids is 1. The first-order chi connectivity index (χ1) is 11.1. The quantitative estimate of drug-likeness (QED) is 0.692. The zero-order valence-electron chi connectivity index (χ0n) is 13.8. The zero-order valence-corrected chi connectivity index (χ0v) is 13.8. The van der Waals surface area contributed by atoms with Crippen LogP contribution in [0.4, 0.5) is 4.79 Å². The molecule has 0 aliphatic heterocycles. The summed E-state index contributed by atoms with van der Waals surface area (Å²) in [7, 11) is 0. The molecule has 0 fully saturated rings. The summed E-state index contributed by atoms with van der Waals surface area (Å²) in [6.07, 6.45) is 0.383. The highest BCUT2D eigenvalue weighted by Crippen LogP contribution is 2.04. The zero-order chi connectivity index (χ0) is 17.1. The van der Waals surface area contributed by atoms with Crippen LogP contribution in [0.2, 0.25) is 0 Å². The number of carbonyl (C=O) groups is 2. The van der Waals surface area contributed by atoms with Crippen molar-refractivity contribution in [2.45, 2.75) is 39.3 Å². The summed E-state index contributed by atoms with van der Waals surface area (Å²) in [5.74, 6) is -1.04. The normalized spacial score (nSPS) is 12.0. The Morgan fingerprint density at radius 2 is 1.87 bits per heavy atom. The van der Waals surface area contributed by atoms with E-state index < -0.39 is 18.1 Å². The van der Waals surface area contributed by atoms with Crippen LogP contribution in [0.25, 0.3) is 0 Å². The van der Waals surface area contributed by atoms with Crippen molar-refractivity contribution >= 4 is 12.1 Å². The Hall–Kier alpha value is -2.08. The molecule has 0 saturated carbocycles. The third-order valence-corrected chi connectivity index (χ3v) is 3.66. The molecule has 0 saturated heterocycles. The second-order valence-electron chi connectivity index (χ2n) is 5.27. The fourth-order valence-electron chi connectivity index (χ4n) is 2.22. The molecule has 0 bridgehead atoms. The van der Waals surface area contributed by atoms with Crippen LogP contribution in [0.5, 0.6) is 0 Å². The summed E-state index contributed by atoms with van der Waals surface area (Å²) >= 11 is 0. The van der Waals surface area contributed by atoms with Gasteiger partial charge in [0.1, 0.15) is 12.6 Å². The van der Waals surface area contributed by atoms with Crippen LogP contribution in [0.15, 0.2) is 30.3 Å². The highest BCUT2D eigenvalue weighted by molar-refractivity contribution is 5.79. The van der Waals surface area contributed by atoms with E-state index in [0.717, 1.165) is 25.2 Å². The monoisotopic (exact) mass is 322 g/mol. The summed E-state index contributed by atoms with van der Waals surface area (Å²) in [5.41, 5.74) is 0.857. The molecule has 0 aromatic heterocycles. The number of hydrogen-bond acceptors (Lipinski definition) is 4. The van der Waals surface area contributed by atoms with Crippen molar-refractivity contribution in [2.24, 2.45) is 0 Å². The van der Waals surface area contributed by atoms with Gasteiger partial charge in [-0.1, -0.05) is 44.2 Å². The van der Waals surface area contributed by atoms with Crippen molar-refractivity contribution in [2.75, 3.05) is 19.6 Å². The molecule has 128 valence electrons. The maximum absolute atomic E-state index is 11.7. The number of nitrogens with zero attached hydrogens (tertiary/aromatic N) is 1. The fourth-order valence-corrected chi connectivity index (χ4v) is 2.22. The SMILES string of the molecule is CCN(CC)CCCC(NC(=O)OCc1ccccc1)C(=O)O. The smallest absolute Gasteiger partial charge is 0.408 e. The van der Waals surface area contributed by atoms with E-state index in [1.165, 1.54) is 0 Å². The van der Waals surface area contributed by atoms with Crippen LogP contribution in [0.3, 0.4) is 0 Å². The van der Waals surface area contributed by atoms with Crippen LogP contribution >= 0.6 is 0 Å². The van der Waals surface area contributed by atoms with E-state index in [9.17, 15) is 14.7 Å². The number of carbonyl (C=O) groups excluding carboxylic acids is 1. The minimum Gasteiger partial charge on any atom is -0.480 e. The van der Waals surface area contributed by atoms with E-state index in [2.05, 4.69) is 24.1 Å². The van der Waals surface area contributed by atoms with Gasteiger partial charge >= 0.3 is 12.1 Å². The molecule has 0 heterocycles. The Morgan fingerprint density at radius 1 is 1.22 bits per heavy atom. The minimum absolute atomic E-state index is 0.123. The Balaban J connectivity index is 2.36. The average Bonchev–Trinajstić information content (AvgIpc) is 2.56. The molecule has 1 aromatic rings. The second-order valence-corrected chi connectivity index (χ2v) is 5.27. The standard InChI is InChI=1S/C17H26N2O4/c1-3-19(4-2)12-8-11-15(16(20)21)18-17(22)23-13-14-9-6-5-7-10-14/h5-7,9-10,15H,3-4,8,11-13H2,1-2H3,(H,18,22)(H,20,21). The number of aliphatic carboxylic acids is 1. The highest BCUT2D eigenvalue weighted by atomic mass is 16.5. The number of amides is 1. The van der Waals surface area contributed by atoms with Crippen LogP contribution in [-0.2, 0) is 16.1 Å². The predicted molar refractivity (Wildman–Crippen MR) is 88.2 cm³/mol. The van der Waals surface area contributed by atoms with Gasteiger partial charge in [-0.05, 0) is 38.0 Å². The summed E-state index contributed by atoms with van der Waals surface area (Å²) < 4.78 is 5.05. The Labute approximate surface area is 137 Å². The Morgan fingerprint density at radius 3 is 2.43 bits per heavy atom. The number of alkyl carbamates (subject to hydrolysis) is 1. The number of carboxylic acid groups (broad SMARTS) is 1. The molecule has 0 radical (unpaired) electrons. The first-order valence-corrected chi connectivity index (χ1v) is 7.99. The third-order valence-electron chi connectivity index (χ3n) is 3.66. The van der Waals surface area contributed by atoms with Gasteiger partial charge in [-0.15, -0.1) is 0 Å². The number of hydrogen-bond donors (Lipinski definition) is 2. The summed E-state index contributed by atoms with van der Waals surface area (Å²) in [6, 6.07) is 8.33. The van der Waals surface area contributed by atoms with Crippen molar-refractivity contribution in [1.29, 1.82) is 0 Å². The lowest BCUT2D eigenvalue weighted by atomic mass is 10.1. The van der Waals surface area contributed by atoms with Gasteiger partial charge in [0.05, 0.1) is 0 Å². The molecule has 1 amide bonds. The molecule has 6 heteroatoms. The maximum Gasteiger partial charge on any atom is 0.408 e. The van der Waals surface area contributed by atoms with Crippen molar-refractivity contribution in [3.63, 3.8) is 0 Å². The van der Waals surface area contributed by atoms with Gasteiger partial charge < -0.3 is 20.1 Å². The predicted octanol–water partition coefficient (Wildman–Crippen LogP) is 2.49. The number of nitrogens with one attached hydrogen (secondary N) is 1. The summed E-state index contributed by atoms with van der Waals surface area (Å²) in [6.45, 7) is 6.94. The Bertz CT molecular complexity index is 475. The maximum atomic E-state index is 11.7. The number of rotatable bonds is 10. The molecular formula is C17H26N2O4. The molecule has 1 unspecified atom stereocenters. The summed E-state index contributed by atoms with van der Waals surface area (Å²) in [5, 5.41) is 11.6. The van der Waals surface area contributed by atoms with Gasteiger partial charge in [-0.25, -0.2) is 9.59 Å². The lowest BCUT2D eigenvalue weighted by molar-refractivity contribution is -0.139. The van der Waals surface area contributed by atoms with E-state index >= 15 is 0 Å². The van der Waals surface area contributed by atoms with Crippen molar-refractivity contribution < 1.29 is 19.4 Å². The minimum atomic E-state index is -1.04. The lowest BCUT2D eigenvalue weighted by Gasteiger charge is -2.19. The van der Waals surface area contributed by atoms with Crippen LogP contribution in [0, 0.1) is 0 Å². The molecule has 1 aromatic carbocycles. The van der Waals surface area contributed by atoms with E-state index in [-0.39, 0.29) is 6.61 Å². The van der Waals surface area contributed by atoms with E-state index in [4.69, 9.17) is 4.74 Å². The van der Waals surface area contributed by atoms with Gasteiger partial charge in [0.2, 0.25) is 0 Å². The van der Waals surface area contributed by atoms with Crippen molar-refractivity contribution in [1.82, 2.24) is 10.2 Å². The Kier molecular flexibility index (Phi) is 8.75. The van der Waals surface area contributed by atoms with Gasteiger partial charge in [-0.2, -0.15) is 0 Å². The van der Waals surface area contributed by atoms with Gasteiger partial charge in [0.25, 0.3) is 0 Å². The number of ether oxygens (including phenoxy) is 1. The first-order valence-electron chi connectivity index (χ1n) is 7.99. The molecule has 23 heavy (non-hydrogen) atoms. The highest BCUT2D eigenvalue weighted by Gasteiger charge is 2.20. The van der Waals surface area contributed by atoms with E-state index in [1.54, 1.807) is 0 Å². The first kappa shape index (κ1) is 19.0. The third kappa shape index (κ3) is 7.65. The molecule has 0 spiro atoms. The molecular weight excluding hydrogens is 296 g/mol. The second kappa shape index (κ2) is 10.6. The largest absolute Gasteiger partial charge is 0.480 e. The molecule has 2 N–H and O–H groups in total. The number of benzene rings is 1. The van der Waals surface area contributed by atoms with Gasteiger partial charge in [0.15, 0.2) is 0 Å².